The monoisotopic (exact) mass is 453 g/mol. The van der Waals surface area contributed by atoms with E-state index in [1.807, 2.05) is 24.3 Å². The molecule has 0 aliphatic carbocycles. The molecule has 156 valence electrons. The maximum Gasteiger partial charge on any atom is 0.266 e. The molecule has 1 aliphatic rings. The van der Waals surface area contributed by atoms with Crippen LogP contribution in [0.4, 0.5) is 8.78 Å². The minimum atomic E-state index is -0.320. The summed E-state index contributed by atoms with van der Waals surface area (Å²) < 4.78 is 32.2. The highest BCUT2D eigenvalue weighted by Gasteiger charge is 2.31. The summed E-state index contributed by atoms with van der Waals surface area (Å²) in [7, 11) is 0. The predicted octanol–water partition coefficient (Wildman–Crippen LogP) is 5.95. The van der Waals surface area contributed by atoms with Gasteiger partial charge in [-0.05, 0) is 59.2 Å². The second kappa shape index (κ2) is 9.41. The van der Waals surface area contributed by atoms with Crippen LogP contribution in [0.3, 0.4) is 0 Å². The minimum absolute atomic E-state index is 0.170. The Morgan fingerprint density at radius 3 is 2.06 bits per heavy atom. The Bertz CT molecular complexity index is 1130. The molecule has 0 radical (unpaired) electrons. The SMILES string of the molecule is O=C1/C(=C/c2ccc(OCc3ccc(F)cc3)cc2)SC(=S)N1Cc1ccc(F)cc1. The lowest BCUT2D eigenvalue weighted by atomic mass is 10.2. The number of carbonyl (C=O) groups excluding carboxylic acids is 1. The molecule has 0 saturated carbocycles. The highest BCUT2D eigenvalue weighted by molar-refractivity contribution is 8.26. The molecule has 3 aromatic rings. The van der Waals surface area contributed by atoms with Gasteiger partial charge in [-0.15, -0.1) is 0 Å². The lowest BCUT2D eigenvalue weighted by Gasteiger charge is -2.14. The van der Waals surface area contributed by atoms with Gasteiger partial charge in [-0.25, -0.2) is 8.78 Å². The fourth-order valence-corrected chi connectivity index (χ4v) is 4.22. The molecule has 0 N–H and O–H groups in total. The van der Waals surface area contributed by atoms with Crippen LogP contribution in [-0.2, 0) is 17.9 Å². The summed E-state index contributed by atoms with van der Waals surface area (Å²) in [6.45, 7) is 0.639. The topological polar surface area (TPSA) is 29.5 Å². The highest BCUT2D eigenvalue weighted by Crippen LogP contribution is 2.33. The Morgan fingerprint density at radius 2 is 1.45 bits per heavy atom. The molecule has 7 heteroatoms. The van der Waals surface area contributed by atoms with E-state index in [0.717, 1.165) is 16.7 Å². The number of thioether (sulfide) groups is 1. The molecule has 0 aromatic heterocycles. The Balaban J connectivity index is 1.39. The third-order valence-electron chi connectivity index (χ3n) is 4.62. The van der Waals surface area contributed by atoms with Crippen molar-refractivity contribution in [2.24, 2.45) is 0 Å². The van der Waals surface area contributed by atoms with E-state index in [0.29, 0.717) is 28.1 Å². The van der Waals surface area contributed by atoms with Gasteiger partial charge in [0.25, 0.3) is 5.91 Å². The third-order valence-corrected chi connectivity index (χ3v) is 6.00. The van der Waals surface area contributed by atoms with Crippen molar-refractivity contribution >= 4 is 40.3 Å². The predicted molar refractivity (Wildman–Crippen MR) is 122 cm³/mol. The van der Waals surface area contributed by atoms with Gasteiger partial charge in [0.2, 0.25) is 0 Å². The number of nitrogens with zero attached hydrogens (tertiary/aromatic N) is 1. The molecule has 0 atom stereocenters. The van der Waals surface area contributed by atoms with Gasteiger partial charge in [0.15, 0.2) is 0 Å². The number of carbonyl (C=O) groups is 1. The van der Waals surface area contributed by atoms with Crippen molar-refractivity contribution < 1.29 is 18.3 Å². The van der Waals surface area contributed by atoms with Crippen LogP contribution in [-0.4, -0.2) is 15.1 Å². The molecule has 0 spiro atoms. The van der Waals surface area contributed by atoms with Crippen LogP contribution < -0.4 is 4.74 Å². The molecule has 1 fully saturated rings. The molecule has 0 unspecified atom stereocenters. The summed E-state index contributed by atoms with van der Waals surface area (Å²) in [5.74, 6) is -0.100. The first-order chi connectivity index (χ1) is 15.0. The summed E-state index contributed by atoms with van der Waals surface area (Å²) in [6.07, 6.45) is 1.79. The van der Waals surface area contributed by atoms with Gasteiger partial charge < -0.3 is 4.74 Å². The summed E-state index contributed by atoms with van der Waals surface area (Å²) in [5, 5.41) is 0. The normalized spacial score (nSPS) is 15.0. The van der Waals surface area contributed by atoms with Crippen molar-refractivity contribution in [3.63, 3.8) is 0 Å². The number of amides is 1. The molecule has 3 nitrogen and oxygen atoms in total. The number of benzene rings is 3. The van der Waals surface area contributed by atoms with E-state index in [4.69, 9.17) is 17.0 Å². The van der Waals surface area contributed by atoms with Crippen LogP contribution >= 0.6 is 24.0 Å². The van der Waals surface area contributed by atoms with Crippen molar-refractivity contribution in [2.45, 2.75) is 13.2 Å². The first-order valence-corrected chi connectivity index (χ1v) is 10.7. The number of ether oxygens (including phenoxy) is 1. The molecular formula is C24H17F2NO2S2. The van der Waals surface area contributed by atoms with Crippen molar-refractivity contribution in [2.75, 3.05) is 0 Å². The maximum absolute atomic E-state index is 13.1. The second-order valence-corrected chi connectivity index (χ2v) is 8.55. The van der Waals surface area contributed by atoms with Crippen LogP contribution in [0.2, 0.25) is 0 Å². The number of hydrogen-bond donors (Lipinski definition) is 0. The molecule has 1 amide bonds. The first kappa shape index (κ1) is 21.2. The van der Waals surface area contributed by atoms with Crippen molar-refractivity contribution in [3.8, 4) is 5.75 Å². The fourth-order valence-electron chi connectivity index (χ4n) is 2.97. The molecule has 3 aromatic carbocycles. The second-order valence-electron chi connectivity index (χ2n) is 6.88. The Morgan fingerprint density at radius 1 is 0.871 bits per heavy atom. The van der Waals surface area contributed by atoms with Crippen LogP contribution in [0.25, 0.3) is 6.08 Å². The molecule has 0 bridgehead atoms. The van der Waals surface area contributed by atoms with E-state index in [1.54, 1.807) is 30.3 Å². The van der Waals surface area contributed by atoms with Gasteiger partial charge in [0, 0.05) is 0 Å². The molecule has 31 heavy (non-hydrogen) atoms. The van der Waals surface area contributed by atoms with E-state index in [-0.39, 0.29) is 17.5 Å². The number of rotatable bonds is 6. The van der Waals surface area contributed by atoms with E-state index < -0.39 is 0 Å². The number of hydrogen-bond acceptors (Lipinski definition) is 4. The molecular weight excluding hydrogens is 436 g/mol. The summed E-state index contributed by atoms with van der Waals surface area (Å²) in [5.41, 5.74) is 2.52. The number of thiocarbonyl (C=S) groups is 1. The van der Waals surface area contributed by atoms with E-state index in [2.05, 4.69) is 0 Å². The van der Waals surface area contributed by atoms with E-state index >= 15 is 0 Å². The zero-order valence-electron chi connectivity index (χ0n) is 16.3. The average molecular weight is 454 g/mol. The van der Waals surface area contributed by atoms with Crippen LogP contribution in [0, 0.1) is 11.6 Å². The van der Waals surface area contributed by atoms with Gasteiger partial charge in [-0.2, -0.15) is 0 Å². The number of halogens is 2. The minimum Gasteiger partial charge on any atom is -0.489 e. The first-order valence-electron chi connectivity index (χ1n) is 9.45. The van der Waals surface area contributed by atoms with Gasteiger partial charge in [0.05, 0.1) is 11.4 Å². The summed E-state index contributed by atoms with van der Waals surface area (Å²) in [6, 6.07) is 19.5. The lowest BCUT2D eigenvalue weighted by molar-refractivity contribution is -0.122. The van der Waals surface area contributed by atoms with Crippen molar-refractivity contribution in [1.82, 2.24) is 4.90 Å². The van der Waals surface area contributed by atoms with Gasteiger partial charge in [-0.1, -0.05) is 60.4 Å². The van der Waals surface area contributed by atoms with E-state index in [1.165, 1.54) is 40.9 Å². The molecule has 1 heterocycles. The van der Waals surface area contributed by atoms with Crippen molar-refractivity contribution in [3.05, 3.63) is 106 Å². The van der Waals surface area contributed by atoms with E-state index in [9.17, 15) is 13.6 Å². The quantitative estimate of drug-likeness (QED) is 0.341. The third kappa shape index (κ3) is 5.37. The Labute approximate surface area is 188 Å². The summed E-state index contributed by atoms with van der Waals surface area (Å²) >= 11 is 6.60. The smallest absolute Gasteiger partial charge is 0.266 e. The molecule has 4 rings (SSSR count). The zero-order valence-corrected chi connectivity index (χ0v) is 17.9. The molecule has 1 saturated heterocycles. The van der Waals surface area contributed by atoms with Gasteiger partial charge in [-0.3, -0.25) is 9.69 Å². The highest BCUT2D eigenvalue weighted by atomic mass is 32.2. The van der Waals surface area contributed by atoms with Crippen LogP contribution in [0.1, 0.15) is 16.7 Å². The fraction of sp³-hybridized carbons (Fsp3) is 0.0833. The largest absolute Gasteiger partial charge is 0.489 e. The maximum atomic E-state index is 13.1. The molecule has 1 aliphatic heterocycles. The van der Waals surface area contributed by atoms with Gasteiger partial charge >= 0.3 is 0 Å². The standard InChI is InChI=1S/C24H17F2NO2S2/c25-19-7-1-17(2-8-19)14-27-23(28)22(31-24(27)30)13-16-5-11-21(12-6-16)29-15-18-3-9-20(26)10-4-18/h1-13H,14-15H2/b22-13-. The Hall–Kier alpha value is -3.03. The average Bonchev–Trinajstić information content (AvgIpc) is 3.03. The van der Waals surface area contributed by atoms with Crippen LogP contribution in [0.5, 0.6) is 5.75 Å². The van der Waals surface area contributed by atoms with Crippen molar-refractivity contribution in [1.29, 1.82) is 0 Å². The lowest BCUT2D eigenvalue weighted by Crippen LogP contribution is -2.27. The Kier molecular flexibility index (Phi) is 6.44. The van der Waals surface area contributed by atoms with Crippen LogP contribution in [0.15, 0.2) is 77.7 Å². The zero-order chi connectivity index (χ0) is 21.8. The summed E-state index contributed by atoms with van der Waals surface area (Å²) in [4.78, 5) is 14.8. The van der Waals surface area contributed by atoms with Gasteiger partial charge in [0.1, 0.15) is 28.3 Å².